The Kier molecular flexibility index (Phi) is 23.3. The summed E-state index contributed by atoms with van der Waals surface area (Å²) in [4.78, 5) is 56.6. The van der Waals surface area contributed by atoms with Crippen LogP contribution in [0.1, 0.15) is 0 Å². The number of pyridine rings is 2. The lowest BCUT2D eigenvalue weighted by Gasteiger charge is -2.11. The highest BCUT2D eigenvalue weighted by Crippen LogP contribution is 2.41. The van der Waals surface area contributed by atoms with Gasteiger partial charge in [0.25, 0.3) is 0 Å². The van der Waals surface area contributed by atoms with Crippen molar-refractivity contribution in [2.75, 3.05) is 0 Å². The molecule has 10 aromatic heterocycles. The Labute approximate surface area is 825 Å². The lowest BCUT2D eigenvalue weighted by atomic mass is 10.0. The smallest absolute Gasteiger partial charge is 0.235 e. The SMILES string of the molecule is Brc1ccc2c(c1)c1ccccc1n2-c1nc(-c2ccccc2)c2ccccc2n1.Brc1ccc2c(c1)c1cnccc1n2-c1nc(-c2ccccc2)c2ccccc2n1.Brc1ccc2c(c1)c1ncccc1n2-c1nc(-c2ccccc2)c2ccccc2n1.Clc1nc(-c2ccc3ccccc3c2)c2ccccc2n1.Clc1nc(-c2ccc3ccccc3c2)cc(-c2ccc3ccccc3c2)n1. The quantitative estimate of drug-likeness (QED) is 0.126. The van der Waals surface area contributed by atoms with E-state index in [1.54, 1.807) is 0 Å². The van der Waals surface area contributed by atoms with Crippen LogP contribution in [0, 0.1) is 0 Å². The van der Waals surface area contributed by atoms with Gasteiger partial charge < -0.3 is 0 Å². The molecule has 20 heteroatoms. The summed E-state index contributed by atoms with van der Waals surface area (Å²) in [5, 5.41) is 17.5. The Bertz CT molecular complexity index is 8750. The number of benzene rings is 17. The zero-order valence-electron chi connectivity index (χ0n) is 73.2. The first-order valence-corrected chi connectivity index (χ1v) is 47.8. The number of fused-ring (bicyclic) bond motifs is 16. The van der Waals surface area contributed by atoms with Crippen molar-refractivity contribution in [1.29, 1.82) is 0 Å². The van der Waals surface area contributed by atoms with Crippen LogP contribution < -0.4 is 0 Å². The van der Waals surface area contributed by atoms with Crippen molar-refractivity contribution in [3.8, 4) is 85.4 Å². The molecular weight excluding hydrogens is 1940 g/mol. The number of nitrogens with zero attached hydrogens (tertiary/aromatic N) is 15. The molecule has 0 aliphatic rings. The van der Waals surface area contributed by atoms with Gasteiger partial charge in [-0.2, -0.15) is 0 Å². The van der Waals surface area contributed by atoms with E-state index in [9.17, 15) is 0 Å². The molecule has 27 rings (SSSR count). The van der Waals surface area contributed by atoms with Gasteiger partial charge >= 0.3 is 0 Å². The van der Waals surface area contributed by atoms with Gasteiger partial charge in [0, 0.05) is 114 Å². The third-order valence-electron chi connectivity index (χ3n) is 24.5. The van der Waals surface area contributed by atoms with Gasteiger partial charge in [0.15, 0.2) is 0 Å². The van der Waals surface area contributed by atoms with Crippen molar-refractivity contribution in [3.63, 3.8) is 0 Å². The van der Waals surface area contributed by atoms with Crippen LogP contribution in [0.5, 0.6) is 0 Å². The van der Waals surface area contributed by atoms with Crippen LogP contribution in [0.4, 0.5) is 0 Å². The van der Waals surface area contributed by atoms with Crippen LogP contribution in [-0.4, -0.2) is 73.5 Å². The predicted octanol–water partition coefficient (Wildman–Crippen LogP) is 32.1. The fourth-order valence-corrected chi connectivity index (χ4v) is 19.6. The molecule has 0 saturated heterocycles. The van der Waals surface area contributed by atoms with E-state index in [1.807, 2.05) is 213 Å². The molecule has 27 aromatic rings. The molecule has 0 amide bonds. The number of halogens is 5. The Morgan fingerprint density at radius 1 is 0.203 bits per heavy atom. The molecule has 0 aliphatic heterocycles. The van der Waals surface area contributed by atoms with Crippen molar-refractivity contribution in [3.05, 3.63) is 461 Å². The minimum absolute atomic E-state index is 0.254. The maximum atomic E-state index is 6.26. The van der Waals surface area contributed by atoms with Crippen molar-refractivity contribution in [1.82, 2.24) is 73.5 Å². The summed E-state index contributed by atoms with van der Waals surface area (Å²) in [5.41, 5.74) is 22.5. The molecule has 0 fully saturated rings. The average molecular weight is 2010 g/mol. The van der Waals surface area contributed by atoms with Gasteiger partial charge in [-0.1, -0.05) is 339 Å². The lowest BCUT2D eigenvalue weighted by molar-refractivity contribution is 1.01. The zero-order chi connectivity index (χ0) is 92.7. The van der Waals surface area contributed by atoms with Gasteiger partial charge in [-0.05, 0) is 183 Å². The molecule has 0 bridgehead atoms. The summed E-state index contributed by atoms with van der Waals surface area (Å²) >= 11 is 23.1. The average Bonchev–Trinajstić information content (AvgIpc) is 1.48. The highest BCUT2D eigenvalue weighted by molar-refractivity contribution is 9.11. The van der Waals surface area contributed by atoms with E-state index in [-0.39, 0.29) is 10.6 Å². The highest BCUT2D eigenvalue weighted by Gasteiger charge is 2.24. The largest absolute Gasteiger partial charge is 0.278 e. The number of hydrogen-bond donors (Lipinski definition) is 0. The van der Waals surface area contributed by atoms with Gasteiger partial charge in [-0.25, -0.2) is 49.8 Å². The number of aromatic nitrogens is 15. The summed E-state index contributed by atoms with van der Waals surface area (Å²) in [6, 6.07) is 142. The van der Waals surface area contributed by atoms with Crippen molar-refractivity contribution in [2.45, 2.75) is 0 Å². The minimum atomic E-state index is 0.254. The first-order chi connectivity index (χ1) is 67.9. The monoisotopic (exact) mass is 2010 g/mol. The zero-order valence-corrected chi connectivity index (χ0v) is 79.4. The Balaban J connectivity index is 0.0000000971. The molecule has 0 aliphatic carbocycles. The summed E-state index contributed by atoms with van der Waals surface area (Å²) in [7, 11) is 0. The first kappa shape index (κ1) is 85.8. The van der Waals surface area contributed by atoms with E-state index in [0.717, 1.165) is 179 Å². The van der Waals surface area contributed by atoms with Crippen molar-refractivity contribution < 1.29 is 0 Å². The van der Waals surface area contributed by atoms with E-state index >= 15 is 0 Å². The molecule has 0 spiro atoms. The molecule has 0 unspecified atom stereocenters. The standard InChI is InChI=1S/C26H16BrN3.2C25H15BrN4.C24H15ClN2.C18H11ClN2/c27-18-14-15-24-21(16-18)19-10-5-7-13-23(19)30(24)26-28-22-12-6-4-11-20(22)25(29-26)17-8-2-1-3-9-17;26-17-12-13-21-19(15-17)24-22(11-6-14-27-24)30(21)25-28-20-10-5-4-9-18(20)23(29-25)16-7-2-1-3-8-16;26-17-10-11-22-19(14-17)20-15-27-13-12-23(20)30(22)25-28-21-9-5-4-8-18(21)24(29-25)16-6-2-1-3-7-16;25-24-26-22(20-11-9-16-5-1-3-7-18(16)13-20)15-23(27-24)21-12-10-17-6-2-4-8-19(17)14-21;19-18-20-16-8-4-3-7-15(16)17(21-18)14-10-9-12-5-1-2-6-13(12)11-14/h1-16H;2*1-15H;1-15H;1-11H. The van der Waals surface area contributed by atoms with E-state index in [2.05, 4.69) is 316 Å². The second kappa shape index (κ2) is 37.5. The third kappa shape index (κ3) is 16.9. The molecule has 0 atom stereocenters. The summed E-state index contributed by atoms with van der Waals surface area (Å²) in [6.45, 7) is 0. The van der Waals surface area contributed by atoms with E-state index in [1.165, 1.54) is 43.1 Å². The first-order valence-electron chi connectivity index (χ1n) is 44.7. The Morgan fingerprint density at radius 3 is 1.00 bits per heavy atom. The molecule has 0 N–H and O–H groups in total. The summed E-state index contributed by atoms with van der Waals surface area (Å²) in [6.07, 6.45) is 5.54. The lowest BCUT2D eigenvalue weighted by Crippen LogP contribution is -2.03. The van der Waals surface area contributed by atoms with Crippen LogP contribution in [0.25, 0.3) is 227 Å². The van der Waals surface area contributed by atoms with Gasteiger partial charge in [0.05, 0.1) is 94.8 Å². The van der Waals surface area contributed by atoms with E-state index < -0.39 is 0 Å². The van der Waals surface area contributed by atoms with Crippen LogP contribution in [0.3, 0.4) is 0 Å². The molecule has 15 nitrogen and oxygen atoms in total. The fourth-order valence-electron chi connectivity index (χ4n) is 18.2. The van der Waals surface area contributed by atoms with Crippen LogP contribution in [0.2, 0.25) is 10.6 Å². The molecular formula is C118H72Br3Cl2N15. The number of hydrogen-bond acceptors (Lipinski definition) is 12. The summed E-state index contributed by atoms with van der Waals surface area (Å²) < 4.78 is 9.49. The molecule has 17 aromatic carbocycles. The maximum absolute atomic E-state index is 6.26. The molecule has 10 heterocycles. The van der Waals surface area contributed by atoms with Gasteiger partial charge in [-0.3, -0.25) is 23.7 Å². The molecule has 654 valence electrons. The highest BCUT2D eigenvalue weighted by atomic mass is 79.9. The normalized spacial score (nSPS) is 11.4. The van der Waals surface area contributed by atoms with Crippen LogP contribution in [0.15, 0.2) is 451 Å². The van der Waals surface area contributed by atoms with E-state index in [4.69, 9.17) is 53.1 Å². The van der Waals surface area contributed by atoms with Gasteiger partial charge in [-0.15, -0.1) is 0 Å². The predicted molar refractivity (Wildman–Crippen MR) is 577 cm³/mol. The third-order valence-corrected chi connectivity index (χ3v) is 26.4. The number of para-hydroxylation sites is 5. The topological polar surface area (TPSA) is 169 Å². The van der Waals surface area contributed by atoms with Crippen molar-refractivity contribution >= 4 is 212 Å². The fraction of sp³-hybridized carbons (Fsp3) is 0. The van der Waals surface area contributed by atoms with Crippen molar-refractivity contribution in [2.24, 2.45) is 0 Å². The molecule has 0 saturated carbocycles. The molecule has 0 radical (unpaired) electrons. The maximum Gasteiger partial charge on any atom is 0.235 e. The molecule has 138 heavy (non-hydrogen) atoms. The van der Waals surface area contributed by atoms with Gasteiger partial charge in [0.1, 0.15) is 0 Å². The van der Waals surface area contributed by atoms with Crippen LogP contribution >= 0.6 is 71.0 Å². The second-order valence-electron chi connectivity index (χ2n) is 33.0. The van der Waals surface area contributed by atoms with E-state index in [0.29, 0.717) is 17.8 Å². The second-order valence-corrected chi connectivity index (χ2v) is 36.4. The number of rotatable bonds is 9. The van der Waals surface area contributed by atoms with Gasteiger partial charge in [0.2, 0.25) is 28.4 Å². The minimum Gasteiger partial charge on any atom is -0.278 e. The van der Waals surface area contributed by atoms with Crippen LogP contribution in [-0.2, 0) is 0 Å². The summed E-state index contributed by atoms with van der Waals surface area (Å²) in [5.74, 6) is 1.98. The Hall–Kier alpha value is -16.3. The Morgan fingerprint density at radius 2 is 0.536 bits per heavy atom.